The minimum absolute atomic E-state index is 0.0180. The second-order valence-electron chi connectivity index (χ2n) is 4.88. The Balaban J connectivity index is 4.54. The van der Waals surface area contributed by atoms with Crippen LogP contribution in [0, 0.1) is 23.2 Å². The summed E-state index contributed by atoms with van der Waals surface area (Å²) in [5.41, 5.74) is 0. The number of rotatable bonds is 8. The topological polar surface area (TPSA) is 44.1 Å². The second kappa shape index (κ2) is 9.04. The summed E-state index contributed by atoms with van der Waals surface area (Å²) in [5.74, 6) is -0.369. The van der Waals surface area contributed by atoms with Crippen LogP contribution in [0.3, 0.4) is 0 Å². The van der Waals surface area contributed by atoms with Crippen molar-refractivity contribution >= 4 is 5.91 Å². The Bertz CT molecular complexity index is 247. The van der Waals surface area contributed by atoms with Crippen LogP contribution < -0.4 is 0 Å². The van der Waals surface area contributed by atoms with Crippen molar-refractivity contribution in [3.05, 3.63) is 0 Å². The summed E-state index contributed by atoms with van der Waals surface area (Å²) >= 11 is 0. The van der Waals surface area contributed by atoms with Gasteiger partial charge in [0.25, 0.3) is 0 Å². The van der Waals surface area contributed by atoms with E-state index >= 15 is 0 Å². The molecule has 98 valence electrons. The second-order valence-corrected chi connectivity index (χ2v) is 4.88. The van der Waals surface area contributed by atoms with E-state index in [1.807, 2.05) is 18.7 Å². The maximum Gasteiger partial charge on any atom is 0.240 e. The third-order valence-electron chi connectivity index (χ3n) is 2.95. The van der Waals surface area contributed by atoms with Gasteiger partial charge in [0.2, 0.25) is 5.91 Å². The Labute approximate surface area is 106 Å². The minimum atomic E-state index is -0.483. The molecule has 1 unspecified atom stereocenters. The summed E-state index contributed by atoms with van der Waals surface area (Å²) in [6.07, 6.45) is 4.20. The lowest BCUT2D eigenvalue weighted by molar-refractivity contribution is -0.135. The summed E-state index contributed by atoms with van der Waals surface area (Å²) in [7, 11) is 0. The lowest BCUT2D eigenvalue weighted by Crippen LogP contribution is -2.39. The third kappa shape index (κ3) is 5.72. The van der Waals surface area contributed by atoms with Gasteiger partial charge in [-0.2, -0.15) is 5.26 Å². The number of amides is 1. The molecule has 0 saturated carbocycles. The van der Waals surface area contributed by atoms with Crippen molar-refractivity contribution in [1.82, 2.24) is 4.90 Å². The number of carbonyl (C=O) groups excluding carboxylic acids is 1. The average Bonchev–Trinajstić information content (AvgIpc) is 2.29. The van der Waals surface area contributed by atoms with E-state index in [4.69, 9.17) is 5.26 Å². The molecule has 0 aromatic heterocycles. The lowest BCUT2D eigenvalue weighted by atomic mass is 9.95. The van der Waals surface area contributed by atoms with Gasteiger partial charge in [-0.15, -0.1) is 0 Å². The summed E-state index contributed by atoms with van der Waals surface area (Å²) in [6.45, 7) is 9.69. The van der Waals surface area contributed by atoms with Gasteiger partial charge in [-0.25, -0.2) is 0 Å². The van der Waals surface area contributed by atoms with E-state index in [0.29, 0.717) is 0 Å². The van der Waals surface area contributed by atoms with Crippen LogP contribution in [0.1, 0.15) is 53.4 Å². The molecule has 0 aliphatic carbocycles. The number of nitrogens with zero attached hydrogens (tertiary/aromatic N) is 2. The zero-order valence-corrected chi connectivity index (χ0v) is 11.7. The number of hydrogen-bond donors (Lipinski definition) is 0. The largest absolute Gasteiger partial charge is 0.342 e. The van der Waals surface area contributed by atoms with Crippen molar-refractivity contribution in [2.45, 2.75) is 53.4 Å². The standard InChI is InChI=1S/C14H26N2O/c1-5-7-9-16(10-8-6-2)14(17)13(11-15)12(3)4/h12-13H,5-10H2,1-4H3. The molecule has 3 nitrogen and oxygen atoms in total. The maximum atomic E-state index is 12.2. The fraction of sp³-hybridized carbons (Fsp3) is 0.857. The van der Waals surface area contributed by atoms with Crippen molar-refractivity contribution in [2.75, 3.05) is 13.1 Å². The van der Waals surface area contributed by atoms with Crippen LogP contribution >= 0.6 is 0 Å². The molecule has 0 aromatic rings. The number of unbranched alkanes of at least 4 members (excludes halogenated alkanes) is 2. The summed E-state index contributed by atoms with van der Waals surface area (Å²) < 4.78 is 0. The molecule has 0 heterocycles. The number of nitriles is 1. The first-order valence-corrected chi connectivity index (χ1v) is 6.76. The molecule has 3 heteroatoms. The highest BCUT2D eigenvalue weighted by molar-refractivity contribution is 5.81. The van der Waals surface area contributed by atoms with Gasteiger partial charge in [0.15, 0.2) is 0 Å². The van der Waals surface area contributed by atoms with Crippen LogP contribution in [0.4, 0.5) is 0 Å². The van der Waals surface area contributed by atoms with E-state index in [-0.39, 0.29) is 11.8 Å². The molecule has 1 amide bonds. The first kappa shape index (κ1) is 16.0. The predicted octanol–water partition coefficient (Wildman–Crippen LogP) is 3.21. The molecule has 0 rings (SSSR count). The van der Waals surface area contributed by atoms with Gasteiger partial charge >= 0.3 is 0 Å². The van der Waals surface area contributed by atoms with Gasteiger partial charge in [-0.1, -0.05) is 40.5 Å². The van der Waals surface area contributed by atoms with Gasteiger partial charge in [-0.05, 0) is 18.8 Å². The van der Waals surface area contributed by atoms with E-state index in [1.165, 1.54) is 0 Å². The first-order chi connectivity index (χ1) is 8.08. The monoisotopic (exact) mass is 238 g/mol. The van der Waals surface area contributed by atoms with Crippen LogP contribution in [-0.4, -0.2) is 23.9 Å². The molecule has 0 aliphatic rings. The van der Waals surface area contributed by atoms with Crippen LogP contribution in [0.25, 0.3) is 0 Å². The minimum Gasteiger partial charge on any atom is -0.342 e. The summed E-state index contributed by atoms with van der Waals surface area (Å²) in [6, 6.07) is 2.14. The highest BCUT2D eigenvalue weighted by atomic mass is 16.2. The summed E-state index contributed by atoms with van der Waals surface area (Å²) in [4.78, 5) is 14.1. The number of hydrogen-bond acceptors (Lipinski definition) is 2. The van der Waals surface area contributed by atoms with E-state index in [9.17, 15) is 4.79 Å². The van der Waals surface area contributed by atoms with Crippen LogP contribution in [-0.2, 0) is 4.79 Å². The molecule has 0 aliphatic heterocycles. The van der Waals surface area contributed by atoms with E-state index < -0.39 is 5.92 Å². The molecule has 17 heavy (non-hydrogen) atoms. The quantitative estimate of drug-likeness (QED) is 0.651. The maximum absolute atomic E-state index is 12.2. The highest BCUT2D eigenvalue weighted by Gasteiger charge is 2.26. The van der Waals surface area contributed by atoms with Gasteiger partial charge < -0.3 is 4.90 Å². The molecular weight excluding hydrogens is 212 g/mol. The molecule has 0 bridgehead atoms. The number of carbonyl (C=O) groups is 1. The lowest BCUT2D eigenvalue weighted by Gasteiger charge is -2.26. The van der Waals surface area contributed by atoms with E-state index in [2.05, 4.69) is 19.9 Å². The van der Waals surface area contributed by atoms with Gasteiger partial charge in [-0.3, -0.25) is 4.79 Å². The average molecular weight is 238 g/mol. The normalized spacial score (nSPS) is 12.2. The smallest absolute Gasteiger partial charge is 0.240 e. The zero-order valence-electron chi connectivity index (χ0n) is 11.7. The molecule has 0 spiro atoms. The van der Waals surface area contributed by atoms with Crippen LogP contribution in [0.2, 0.25) is 0 Å². The van der Waals surface area contributed by atoms with Gasteiger partial charge in [0, 0.05) is 13.1 Å². The van der Waals surface area contributed by atoms with Crippen molar-refractivity contribution < 1.29 is 4.79 Å². The predicted molar refractivity (Wildman–Crippen MR) is 70.3 cm³/mol. The van der Waals surface area contributed by atoms with Crippen molar-refractivity contribution in [2.24, 2.45) is 11.8 Å². The molecule has 0 aromatic carbocycles. The van der Waals surface area contributed by atoms with E-state index in [1.54, 1.807) is 0 Å². The third-order valence-corrected chi connectivity index (χ3v) is 2.95. The molecule has 1 atom stereocenters. The van der Waals surface area contributed by atoms with E-state index in [0.717, 1.165) is 38.8 Å². The SMILES string of the molecule is CCCCN(CCCC)C(=O)C(C#N)C(C)C. The Hall–Kier alpha value is -1.04. The van der Waals surface area contributed by atoms with Gasteiger partial charge in [0.05, 0.1) is 6.07 Å². The molecule has 0 saturated heterocycles. The molecule has 0 fully saturated rings. The Kier molecular flexibility index (Phi) is 8.49. The van der Waals surface area contributed by atoms with Crippen molar-refractivity contribution in [3.8, 4) is 6.07 Å². The molecule has 0 N–H and O–H groups in total. The molecular formula is C14H26N2O. The Morgan fingerprint density at radius 3 is 1.94 bits per heavy atom. The zero-order chi connectivity index (χ0) is 13.3. The van der Waals surface area contributed by atoms with Crippen molar-refractivity contribution in [3.63, 3.8) is 0 Å². The molecule has 0 radical (unpaired) electrons. The Morgan fingerprint density at radius 1 is 1.18 bits per heavy atom. The Morgan fingerprint density at radius 2 is 1.65 bits per heavy atom. The highest BCUT2D eigenvalue weighted by Crippen LogP contribution is 2.14. The summed E-state index contributed by atoms with van der Waals surface area (Å²) in [5, 5.41) is 9.07. The fourth-order valence-electron chi connectivity index (χ4n) is 1.72. The van der Waals surface area contributed by atoms with Crippen LogP contribution in [0.5, 0.6) is 0 Å². The fourth-order valence-corrected chi connectivity index (χ4v) is 1.72. The van der Waals surface area contributed by atoms with Gasteiger partial charge in [0.1, 0.15) is 5.92 Å². The first-order valence-electron chi connectivity index (χ1n) is 6.76. The van der Waals surface area contributed by atoms with Crippen molar-refractivity contribution in [1.29, 1.82) is 5.26 Å². The van der Waals surface area contributed by atoms with Crippen LogP contribution in [0.15, 0.2) is 0 Å².